The molecule has 1 amide bonds. The molecular formula is C16H15NO3. The normalized spacial score (nSPS) is 10.7. The number of hydrogen-bond acceptors (Lipinski definition) is 3. The Balaban J connectivity index is 2.05. The van der Waals surface area contributed by atoms with Crippen molar-refractivity contribution in [3.05, 3.63) is 54.6 Å². The Kier molecular flexibility index (Phi) is 4.50. The molecule has 0 spiro atoms. The minimum atomic E-state index is -0.527. The SMILES string of the molecule is C/C=C/C(=O)OCC(=O)Nc1cccc2ccccc12. The molecule has 0 aliphatic heterocycles. The number of amides is 1. The van der Waals surface area contributed by atoms with Gasteiger partial charge in [0.1, 0.15) is 0 Å². The third-order valence-electron chi connectivity index (χ3n) is 2.71. The van der Waals surface area contributed by atoms with Gasteiger partial charge in [-0.25, -0.2) is 4.79 Å². The summed E-state index contributed by atoms with van der Waals surface area (Å²) in [5.41, 5.74) is 0.704. The van der Waals surface area contributed by atoms with Gasteiger partial charge in [0.15, 0.2) is 6.61 Å². The molecular weight excluding hydrogens is 254 g/mol. The average Bonchev–Trinajstić information content (AvgIpc) is 2.46. The number of carbonyl (C=O) groups is 2. The van der Waals surface area contributed by atoms with Crippen LogP contribution in [0.5, 0.6) is 0 Å². The summed E-state index contributed by atoms with van der Waals surface area (Å²) in [4.78, 5) is 22.9. The third kappa shape index (κ3) is 3.45. The zero-order chi connectivity index (χ0) is 14.4. The van der Waals surface area contributed by atoms with E-state index in [2.05, 4.69) is 5.32 Å². The average molecular weight is 269 g/mol. The van der Waals surface area contributed by atoms with E-state index in [1.54, 1.807) is 13.0 Å². The summed E-state index contributed by atoms with van der Waals surface area (Å²) < 4.78 is 4.79. The highest BCUT2D eigenvalue weighted by Gasteiger charge is 2.07. The van der Waals surface area contributed by atoms with E-state index in [1.165, 1.54) is 6.08 Å². The van der Waals surface area contributed by atoms with E-state index >= 15 is 0 Å². The van der Waals surface area contributed by atoms with Crippen molar-refractivity contribution in [2.75, 3.05) is 11.9 Å². The van der Waals surface area contributed by atoms with Crippen LogP contribution in [-0.2, 0) is 14.3 Å². The maximum atomic E-state index is 11.8. The maximum absolute atomic E-state index is 11.8. The molecule has 2 aromatic rings. The molecule has 0 heterocycles. The quantitative estimate of drug-likeness (QED) is 0.686. The zero-order valence-electron chi connectivity index (χ0n) is 11.1. The lowest BCUT2D eigenvalue weighted by atomic mass is 10.1. The van der Waals surface area contributed by atoms with Crippen molar-refractivity contribution in [2.45, 2.75) is 6.92 Å². The van der Waals surface area contributed by atoms with E-state index in [1.807, 2.05) is 42.5 Å². The van der Waals surface area contributed by atoms with E-state index in [0.717, 1.165) is 10.8 Å². The fourth-order valence-electron chi connectivity index (χ4n) is 1.84. The van der Waals surface area contributed by atoms with Crippen LogP contribution in [0.15, 0.2) is 54.6 Å². The van der Waals surface area contributed by atoms with Crippen LogP contribution in [0.2, 0.25) is 0 Å². The Morgan fingerprint density at radius 1 is 1.15 bits per heavy atom. The number of esters is 1. The van der Waals surface area contributed by atoms with Gasteiger partial charge in [-0.1, -0.05) is 42.5 Å². The Morgan fingerprint density at radius 2 is 1.90 bits per heavy atom. The van der Waals surface area contributed by atoms with E-state index in [0.29, 0.717) is 5.69 Å². The lowest BCUT2D eigenvalue weighted by molar-refractivity contribution is -0.142. The van der Waals surface area contributed by atoms with E-state index in [4.69, 9.17) is 4.74 Å². The molecule has 0 aliphatic rings. The number of rotatable bonds is 4. The fourth-order valence-corrected chi connectivity index (χ4v) is 1.84. The number of carbonyl (C=O) groups excluding carboxylic acids is 2. The number of benzene rings is 2. The Labute approximate surface area is 117 Å². The zero-order valence-corrected chi connectivity index (χ0v) is 11.1. The highest BCUT2D eigenvalue weighted by Crippen LogP contribution is 2.22. The molecule has 102 valence electrons. The predicted molar refractivity (Wildman–Crippen MR) is 78.4 cm³/mol. The third-order valence-corrected chi connectivity index (χ3v) is 2.71. The van der Waals surface area contributed by atoms with Crippen molar-refractivity contribution in [1.29, 1.82) is 0 Å². The predicted octanol–water partition coefficient (Wildman–Crippen LogP) is 2.90. The van der Waals surface area contributed by atoms with Crippen molar-refractivity contribution in [1.82, 2.24) is 0 Å². The van der Waals surface area contributed by atoms with Crippen molar-refractivity contribution in [3.63, 3.8) is 0 Å². The largest absolute Gasteiger partial charge is 0.452 e. The maximum Gasteiger partial charge on any atom is 0.330 e. The summed E-state index contributed by atoms with van der Waals surface area (Å²) in [6.07, 6.45) is 2.83. The van der Waals surface area contributed by atoms with Crippen LogP contribution >= 0.6 is 0 Å². The summed E-state index contributed by atoms with van der Waals surface area (Å²) in [5.74, 6) is -0.889. The summed E-state index contributed by atoms with van der Waals surface area (Å²) in [5, 5.41) is 4.73. The second kappa shape index (κ2) is 6.52. The number of allylic oxidation sites excluding steroid dienone is 1. The van der Waals surface area contributed by atoms with Crippen molar-refractivity contribution >= 4 is 28.3 Å². The highest BCUT2D eigenvalue weighted by atomic mass is 16.5. The minimum absolute atomic E-state index is 0.299. The van der Waals surface area contributed by atoms with E-state index < -0.39 is 5.97 Å². The Bertz CT molecular complexity index is 656. The van der Waals surface area contributed by atoms with Gasteiger partial charge in [-0.15, -0.1) is 0 Å². The van der Waals surface area contributed by atoms with Crippen LogP contribution in [-0.4, -0.2) is 18.5 Å². The number of hydrogen-bond donors (Lipinski definition) is 1. The molecule has 0 bridgehead atoms. The molecule has 20 heavy (non-hydrogen) atoms. The summed E-state index contributed by atoms with van der Waals surface area (Å²) >= 11 is 0. The fraction of sp³-hybridized carbons (Fsp3) is 0.125. The van der Waals surface area contributed by atoms with Crippen LogP contribution in [0, 0.1) is 0 Å². The molecule has 0 unspecified atom stereocenters. The topological polar surface area (TPSA) is 55.4 Å². The lowest BCUT2D eigenvalue weighted by Crippen LogP contribution is -2.20. The van der Waals surface area contributed by atoms with Crippen LogP contribution in [0.1, 0.15) is 6.92 Å². The summed E-state index contributed by atoms with van der Waals surface area (Å²) in [6.45, 7) is 1.41. The van der Waals surface area contributed by atoms with Gasteiger partial charge in [-0.2, -0.15) is 0 Å². The van der Waals surface area contributed by atoms with Crippen molar-refractivity contribution in [2.24, 2.45) is 0 Å². The van der Waals surface area contributed by atoms with Crippen LogP contribution in [0.4, 0.5) is 5.69 Å². The van der Waals surface area contributed by atoms with Gasteiger partial charge in [0.2, 0.25) is 0 Å². The van der Waals surface area contributed by atoms with Crippen LogP contribution in [0.25, 0.3) is 10.8 Å². The molecule has 0 radical (unpaired) electrons. The van der Waals surface area contributed by atoms with Crippen molar-refractivity contribution in [3.8, 4) is 0 Å². The van der Waals surface area contributed by atoms with Gasteiger partial charge < -0.3 is 10.1 Å². The monoisotopic (exact) mass is 269 g/mol. The second-order valence-electron chi connectivity index (χ2n) is 4.18. The number of fused-ring (bicyclic) bond motifs is 1. The molecule has 1 N–H and O–H groups in total. The van der Waals surface area contributed by atoms with E-state index in [9.17, 15) is 9.59 Å². The molecule has 0 saturated heterocycles. The van der Waals surface area contributed by atoms with Gasteiger partial charge in [-0.05, 0) is 18.4 Å². The van der Waals surface area contributed by atoms with Gasteiger partial charge in [0.25, 0.3) is 5.91 Å². The van der Waals surface area contributed by atoms with Gasteiger partial charge in [0, 0.05) is 17.1 Å². The molecule has 0 fully saturated rings. The Hall–Kier alpha value is -2.62. The molecule has 4 heteroatoms. The molecule has 4 nitrogen and oxygen atoms in total. The first-order chi connectivity index (χ1) is 9.70. The standard InChI is InChI=1S/C16H15NO3/c1-2-6-16(19)20-11-15(18)17-14-10-5-8-12-7-3-4-9-13(12)14/h2-10H,11H2,1H3,(H,17,18)/b6-2+. The number of anilines is 1. The number of nitrogens with one attached hydrogen (secondary N) is 1. The molecule has 0 aromatic heterocycles. The molecule has 2 rings (SSSR count). The first-order valence-electron chi connectivity index (χ1n) is 6.28. The lowest BCUT2D eigenvalue weighted by Gasteiger charge is -2.08. The smallest absolute Gasteiger partial charge is 0.330 e. The molecule has 0 saturated carbocycles. The molecule has 0 aliphatic carbocycles. The first-order valence-corrected chi connectivity index (χ1v) is 6.28. The van der Waals surface area contributed by atoms with Gasteiger partial charge >= 0.3 is 5.97 Å². The molecule has 2 aromatic carbocycles. The number of ether oxygens (including phenoxy) is 1. The summed E-state index contributed by atoms with van der Waals surface area (Å²) in [7, 11) is 0. The van der Waals surface area contributed by atoms with Crippen molar-refractivity contribution < 1.29 is 14.3 Å². The van der Waals surface area contributed by atoms with Gasteiger partial charge in [-0.3, -0.25) is 4.79 Å². The van der Waals surface area contributed by atoms with Crippen LogP contribution < -0.4 is 5.32 Å². The van der Waals surface area contributed by atoms with Gasteiger partial charge in [0.05, 0.1) is 0 Å². The van der Waals surface area contributed by atoms with E-state index in [-0.39, 0.29) is 12.5 Å². The Morgan fingerprint density at radius 3 is 2.70 bits per heavy atom. The summed E-state index contributed by atoms with van der Waals surface area (Å²) in [6, 6.07) is 13.4. The minimum Gasteiger partial charge on any atom is -0.452 e. The van der Waals surface area contributed by atoms with Crippen LogP contribution in [0.3, 0.4) is 0 Å². The highest BCUT2D eigenvalue weighted by molar-refractivity contribution is 6.02. The molecule has 0 atom stereocenters. The second-order valence-corrected chi connectivity index (χ2v) is 4.18. The first kappa shape index (κ1) is 13.8.